The zero-order chi connectivity index (χ0) is 27.5. The minimum absolute atomic E-state index is 0.154. The SMILES string of the molecule is C[C@H]([C@H](C(=O)Nc1cc(C(CC(=O)OC(C)(C)C)CC2CC2)ccc1Cl)c1ccc(Cl)cc1)C(F)(F)F. The van der Waals surface area contributed by atoms with Gasteiger partial charge >= 0.3 is 12.1 Å². The second-order valence-corrected chi connectivity index (χ2v) is 11.6. The molecule has 0 bridgehead atoms. The highest BCUT2D eigenvalue weighted by atomic mass is 35.5. The van der Waals surface area contributed by atoms with E-state index in [1.54, 1.807) is 39.0 Å². The van der Waals surface area contributed by atoms with Crippen molar-refractivity contribution in [3.05, 3.63) is 63.6 Å². The minimum atomic E-state index is -4.60. The number of hydrogen-bond acceptors (Lipinski definition) is 3. The van der Waals surface area contributed by atoms with E-state index in [9.17, 15) is 22.8 Å². The molecule has 1 saturated carbocycles. The summed E-state index contributed by atoms with van der Waals surface area (Å²) in [5, 5.41) is 3.15. The monoisotopic (exact) mass is 557 g/mol. The first-order valence-corrected chi connectivity index (χ1v) is 13.0. The molecule has 0 aromatic heterocycles. The van der Waals surface area contributed by atoms with Gasteiger partial charge in [-0.05, 0) is 74.4 Å². The number of carbonyl (C=O) groups excluding carboxylic acids is 2. The van der Waals surface area contributed by atoms with Crippen molar-refractivity contribution in [2.24, 2.45) is 11.8 Å². The molecule has 1 aliphatic carbocycles. The lowest BCUT2D eigenvalue weighted by Gasteiger charge is -2.26. The summed E-state index contributed by atoms with van der Waals surface area (Å²) in [7, 11) is 0. The Bertz CT molecular complexity index is 1110. The van der Waals surface area contributed by atoms with Crippen molar-refractivity contribution in [1.82, 2.24) is 0 Å². The quantitative estimate of drug-likeness (QED) is 0.314. The fraction of sp³-hybridized carbons (Fsp3) is 0.500. The van der Waals surface area contributed by atoms with Gasteiger partial charge in [0.2, 0.25) is 5.91 Å². The summed E-state index contributed by atoms with van der Waals surface area (Å²) in [6, 6.07) is 10.8. The lowest BCUT2D eigenvalue weighted by molar-refractivity contribution is -0.178. The van der Waals surface area contributed by atoms with Crippen molar-refractivity contribution in [1.29, 1.82) is 0 Å². The Labute approximate surface area is 225 Å². The largest absolute Gasteiger partial charge is 0.460 e. The summed E-state index contributed by atoms with van der Waals surface area (Å²) in [6.07, 6.45) is -1.51. The molecule has 3 rings (SSSR count). The van der Waals surface area contributed by atoms with E-state index in [2.05, 4.69) is 5.32 Å². The molecule has 1 unspecified atom stereocenters. The third-order valence-electron chi connectivity index (χ3n) is 6.40. The van der Waals surface area contributed by atoms with E-state index in [0.29, 0.717) is 10.9 Å². The molecule has 0 aliphatic heterocycles. The number of carbonyl (C=O) groups is 2. The second kappa shape index (κ2) is 11.6. The van der Waals surface area contributed by atoms with Crippen molar-refractivity contribution in [3.8, 4) is 0 Å². The van der Waals surface area contributed by atoms with E-state index >= 15 is 0 Å². The van der Waals surface area contributed by atoms with E-state index in [1.807, 2.05) is 0 Å². The van der Waals surface area contributed by atoms with Gasteiger partial charge in [0.1, 0.15) is 5.60 Å². The summed E-state index contributed by atoms with van der Waals surface area (Å²) >= 11 is 12.3. The normalized spacial score (nSPS) is 16.6. The molecule has 0 radical (unpaired) electrons. The van der Waals surface area contributed by atoms with Crippen molar-refractivity contribution < 1.29 is 27.5 Å². The smallest absolute Gasteiger partial charge is 0.392 e. The molecular formula is C28H32Cl2F3NO3. The number of nitrogens with one attached hydrogen (secondary N) is 1. The van der Waals surface area contributed by atoms with E-state index < -0.39 is 29.5 Å². The summed E-state index contributed by atoms with van der Waals surface area (Å²) < 4.78 is 46.6. The molecule has 0 heterocycles. The molecule has 1 N–H and O–H groups in total. The van der Waals surface area contributed by atoms with Gasteiger partial charge in [0, 0.05) is 5.02 Å². The van der Waals surface area contributed by atoms with Crippen LogP contribution in [0.25, 0.3) is 0 Å². The average Bonchev–Trinajstić information content (AvgIpc) is 3.58. The standard InChI is InChI=1S/C28H32Cl2F3NO3/c1-16(28(31,32)33)25(18-7-10-21(29)11-8-18)26(36)34-23-14-19(9-12-22(23)30)20(13-17-5-6-17)15-24(35)37-27(2,3)4/h7-12,14,16-17,20,25H,5-6,13,15H2,1-4H3,(H,34,36)/t16-,20?,25+/m1/s1. The van der Waals surface area contributed by atoms with Gasteiger partial charge in [-0.25, -0.2) is 0 Å². The highest BCUT2D eigenvalue weighted by Gasteiger charge is 2.45. The van der Waals surface area contributed by atoms with Crippen LogP contribution in [-0.4, -0.2) is 23.7 Å². The van der Waals surface area contributed by atoms with Crippen LogP contribution in [-0.2, 0) is 14.3 Å². The van der Waals surface area contributed by atoms with Gasteiger partial charge in [-0.15, -0.1) is 0 Å². The zero-order valence-corrected chi connectivity index (χ0v) is 22.8. The van der Waals surface area contributed by atoms with E-state index in [4.69, 9.17) is 27.9 Å². The first kappa shape index (κ1) is 29.3. The van der Waals surface area contributed by atoms with Crippen LogP contribution >= 0.6 is 23.2 Å². The number of rotatable bonds is 9. The lowest BCUT2D eigenvalue weighted by atomic mass is 9.85. The summed E-state index contributed by atoms with van der Waals surface area (Å²) in [5.41, 5.74) is 0.536. The molecule has 2 aromatic carbocycles. The van der Waals surface area contributed by atoms with E-state index in [0.717, 1.165) is 31.7 Å². The number of benzene rings is 2. The first-order chi connectivity index (χ1) is 17.1. The number of esters is 1. The molecule has 202 valence electrons. The van der Waals surface area contributed by atoms with Crippen molar-refractivity contribution in [2.75, 3.05) is 5.32 Å². The van der Waals surface area contributed by atoms with Crippen LogP contribution in [0.1, 0.15) is 76.3 Å². The molecule has 1 fully saturated rings. The molecule has 3 atom stereocenters. The van der Waals surface area contributed by atoms with E-state index in [1.165, 1.54) is 24.3 Å². The Hall–Kier alpha value is -2.25. The number of hydrogen-bond donors (Lipinski definition) is 1. The Balaban J connectivity index is 1.88. The lowest BCUT2D eigenvalue weighted by Crippen LogP contribution is -2.34. The number of amides is 1. The molecule has 9 heteroatoms. The number of anilines is 1. The summed E-state index contributed by atoms with van der Waals surface area (Å²) in [6.45, 7) is 6.38. The van der Waals surface area contributed by atoms with Gasteiger partial charge in [-0.2, -0.15) is 13.2 Å². The van der Waals surface area contributed by atoms with Crippen LogP contribution in [0.15, 0.2) is 42.5 Å². The predicted molar refractivity (Wildman–Crippen MR) is 140 cm³/mol. The van der Waals surface area contributed by atoms with Gasteiger partial charge in [0.25, 0.3) is 0 Å². The van der Waals surface area contributed by atoms with Crippen molar-refractivity contribution >= 4 is 40.8 Å². The highest BCUT2D eigenvalue weighted by molar-refractivity contribution is 6.33. The molecule has 1 aliphatic rings. The number of alkyl halides is 3. The fourth-order valence-corrected chi connectivity index (χ4v) is 4.60. The zero-order valence-electron chi connectivity index (χ0n) is 21.3. The maximum atomic E-state index is 13.7. The fourth-order valence-electron chi connectivity index (χ4n) is 4.31. The topological polar surface area (TPSA) is 55.4 Å². The molecule has 0 saturated heterocycles. The van der Waals surface area contributed by atoms with Crippen LogP contribution in [0, 0.1) is 11.8 Å². The van der Waals surface area contributed by atoms with Crippen LogP contribution in [0.5, 0.6) is 0 Å². The van der Waals surface area contributed by atoms with Gasteiger partial charge in [0.15, 0.2) is 0 Å². The van der Waals surface area contributed by atoms with Gasteiger partial charge in [-0.1, -0.05) is 61.2 Å². The highest BCUT2D eigenvalue weighted by Crippen LogP contribution is 2.42. The van der Waals surface area contributed by atoms with Gasteiger partial charge in [0.05, 0.1) is 29.0 Å². The second-order valence-electron chi connectivity index (χ2n) is 10.8. The Morgan fingerprint density at radius 2 is 1.62 bits per heavy atom. The number of halogens is 5. The van der Waals surface area contributed by atoms with Crippen LogP contribution in [0.2, 0.25) is 10.0 Å². The minimum Gasteiger partial charge on any atom is -0.460 e. The van der Waals surface area contributed by atoms with Crippen molar-refractivity contribution in [2.45, 2.75) is 77.0 Å². The molecule has 37 heavy (non-hydrogen) atoms. The molecule has 0 spiro atoms. The Kier molecular flexibility index (Phi) is 9.23. The van der Waals surface area contributed by atoms with Crippen LogP contribution in [0.4, 0.5) is 18.9 Å². The third kappa shape index (κ3) is 8.64. The molecule has 2 aromatic rings. The first-order valence-electron chi connectivity index (χ1n) is 12.3. The van der Waals surface area contributed by atoms with Crippen LogP contribution < -0.4 is 5.32 Å². The maximum Gasteiger partial charge on any atom is 0.392 e. The summed E-state index contributed by atoms with van der Waals surface area (Å²) in [5.74, 6) is -4.30. The predicted octanol–water partition coefficient (Wildman–Crippen LogP) is 8.53. The molecule has 1 amide bonds. The maximum absolute atomic E-state index is 13.7. The Morgan fingerprint density at radius 3 is 2.16 bits per heavy atom. The molecule has 4 nitrogen and oxygen atoms in total. The van der Waals surface area contributed by atoms with Gasteiger partial charge < -0.3 is 10.1 Å². The Morgan fingerprint density at radius 1 is 1.03 bits per heavy atom. The van der Waals surface area contributed by atoms with Gasteiger partial charge in [-0.3, -0.25) is 9.59 Å². The third-order valence-corrected chi connectivity index (χ3v) is 6.98. The summed E-state index contributed by atoms with van der Waals surface area (Å²) in [4.78, 5) is 25.8. The van der Waals surface area contributed by atoms with Crippen LogP contribution in [0.3, 0.4) is 0 Å². The average molecular weight is 558 g/mol. The molecular weight excluding hydrogens is 526 g/mol. The van der Waals surface area contributed by atoms with E-state index in [-0.39, 0.29) is 34.6 Å². The van der Waals surface area contributed by atoms with Crippen molar-refractivity contribution in [3.63, 3.8) is 0 Å². The number of ether oxygens (including phenoxy) is 1.